The van der Waals surface area contributed by atoms with E-state index in [1.807, 2.05) is 7.11 Å². The van der Waals surface area contributed by atoms with Crippen LogP contribution < -0.4 is 5.73 Å². The van der Waals surface area contributed by atoms with E-state index in [4.69, 9.17) is 10.5 Å². The standard InChI is InChI=1S/C12H25NO/c1-10(2)9-11(13)12(14-3)7-5-4-6-8-12/h10-11H,4-9,13H2,1-3H3. The fourth-order valence-corrected chi connectivity index (χ4v) is 2.60. The van der Waals surface area contributed by atoms with Crippen LogP contribution in [0.4, 0.5) is 0 Å². The van der Waals surface area contributed by atoms with E-state index in [2.05, 4.69) is 13.8 Å². The van der Waals surface area contributed by atoms with Crippen LogP contribution in [-0.4, -0.2) is 18.8 Å². The molecule has 2 nitrogen and oxygen atoms in total. The predicted octanol–water partition coefficient (Wildman–Crippen LogP) is 2.71. The Bertz CT molecular complexity index is 162. The molecule has 0 spiro atoms. The first kappa shape index (κ1) is 12.0. The lowest BCUT2D eigenvalue weighted by Crippen LogP contribution is -2.51. The lowest BCUT2D eigenvalue weighted by molar-refractivity contribution is -0.0623. The Morgan fingerprint density at radius 3 is 2.21 bits per heavy atom. The zero-order valence-electron chi connectivity index (χ0n) is 9.88. The molecule has 0 aromatic rings. The van der Waals surface area contributed by atoms with Crippen molar-refractivity contribution in [1.82, 2.24) is 0 Å². The van der Waals surface area contributed by atoms with Crippen LogP contribution in [0.2, 0.25) is 0 Å². The molecule has 0 aromatic heterocycles. The smallest absolute Gasteiger partial charge is 0.0828 e. The van der Waals surface area contributed by atoms with Gasteiger partial charge in [-0.25, -0.2) is 0 Å². The highest BCUT2D eigenvalue weighted by molar-refractivity contribution is 4.93. The zero-order valence-corrected chi connectivity index (χ0v) is 9.88. The molecule has 14 heavy (non-hydrogen) atoms. The first-order valence-corrected chi connectivity index (χ1v) is 5.91. The van der Waals surface area contributed by atoms with Gasteiger partial charge in [-0.3, -0.25) is 0 Å². The van der Waals surface area contributed by atoms with Crippen molar-refractivity contribution in [1.29, 1.82) is 0 Å². The lowest BCUT2D eigenvalue weighted by Gasteiger charge is -2.41. The molecule has 0 aromatic carbocycles. The van der Waals surface area contributed by atoms with Crippen molar-refractivity contribution in [2.75, 3.05) is 7.11 Å². The van der Waals surface area contributed by atoms with Gasteiger partial charge in [-0.15, -0.1) is 0 Å². The van der Waals surface area contributed by atoms with Crippen molar-refractivity contribution in [2.24, 2.45) is 11.7 Å². The van der Waals surface area contributed by atoms with E-state index in [-0.39, 0.29) is 11.6 Å². The summed E-state index contributed by atoms with van der Waals surface area (Å²) in [6, 6.07) is 0.216. The number of hydrogen-bond acceptors (Lipinski definition) is 2. The minimum Gasteiger partial charge on any atom is -0.377 e. The average molecular weight is 199 g/mol. The Morgan fingerprint density at radius 2 is 1.79 bits per heavy atom. The van der Waals surface area contributed by atoms with Crippen molar-refractivity contribution >= 4 is 0 Å². The van der Waals surface area contributed by atoms with Crippen LogP contribution in [0.15, 0.2) is 0 Å². The molecule has 0 bridgehead atoms. The second-order valence-corrected chi connectivity index (χ2v) is 5.07. The van der Waals surface area contributed by atoms with E-state index in [0.717, 1.165) is 19.3 Å². The number of hydrogen-bond donors (Lipinski definition) is 1. The second-order valence-electron chi connectivity index (χ2n) is 5.07. The molecule has 1 aliphatic rings. The molecule has 2 N–H and O–H groups in total. The predicted molar refractivity (Wildman–Crippen MR) is 60.3 cm³/mol. The summed E-state index contributed by atoms with van der Waals surface area (Å²) in [7, 11) is 1.82. The summed E-state index contributed by atoms with van der Waals surface area (Å²) < 4.78 is 5.72. The molecular formula is C12H25NO. The summed E-state index contributed by atoms with van der Waals surface area (Å²) in [6.07, 6.45) is 7.28. The maximum absolute atomic E-state index is 6.27. The molecule has 1 rings (SSSR count). The van der Waals surface area contributed by atoms with Gasteiger partial charge in [-0.2, -0.15) is 0 Å². The van der Waals surface area contributed by atoms with Crippen molar-refractivity contribution < 1.29 is 4.74 Å². The first-order chi connectivity index (χ1) is 6.60. The average Bonchev–Trinajstić information content (AvgIpc) is 2.18. The fraction of sp³-hybridized carbons (Fsp3) is 1.00. The van der Waals surface area contributed by atoms with Gasteiger partial charge in [0.15, 0.2) is 0 Å². The molecule has 0 heterocycles. The summed E-state index contributed by atoms with van der Waals surface area (Å²) in [5, 5.41) is 0. The van der Waals surface area contributed by atoms with E-state index >= 15 is 0 Å². The van der Waals surface area contributed by atoms with Gasteiger partial charge in [0.1, 0.15) is 0 Å². The van der Waals surface area contributed by atoms with Gasteiger partial charge in [0.2, 0.25) is 0 Å². The van der Waals surface area contributed by atoms with Crippen LogP contribution in [0.3, 0.4) is 0 Å². The molecule has 1 atom stereocenters. The van der Waals surface area contributed by atoms with E-state index in [9.17, 15) is 0 Å². The van der Waals surface area contributed by atoms with Crippen LogP contribution in [0.25, 0.3) is 0 Å². The third-order valence-corrected chi connectivity index (χ3v) is 3.51. The largest absolute Gasteiger partial charge is 0.377 e. The highest BCUT2D eigenvalue weighted by Gasteiger charge is 2.37. The Labute approximate surface area is 88.2 Å². The van der Waals surface area contributed by atoms with Gasteiger partial charge in [0.05, 0.1) is 5.60 Å². The SMILES string of the molecule is COC1(C(N)CC(C)C)CCCCC1. The van der Waals surface area contributed by atoms with Crippen molar-refractivity contribution in [2.45, 2.75) is 64.0 Å². The lowest BCUT2D eigenvalue weighted by atomic mass is 9.77. The normalized spacial score (nSPS) is 23.8. The van der Waals surface area contributed by atoms with Crippen LogP contribution >= 0.6 is 0 Å². The van der Waals surface area contributed by atoms with E-state index in [1.54, 1.807) is 0 Å². The van der Waals surface area contributed by atoms with Crippen LogP contribution in [0.1, 0.15) is 52.4 Å². The van der Waals surface area contributed by atoms with Crippen molar-refractivity contribution in [3.8, 4) is 0 Å². The van der Waals surface area contributed by atoms with Gasteiger partial charge in [-0.1, -0.05) is 33.1 Å². The van der Waals surface area contributed by atoms with E-state index in [1.165, 1.54) is 19.3 Å². The maximum Gasteiger partial charge on any atom is 0.0828 e. The monoisotopic (exact) mass is 199 g/mol. The number of nitrogens with two attached hydrogens (primary N) is 1. The second kappa shape index (κ2) is 5.13. The number of methoxy groups -OCH3 is 1. The fourth-order valence-electron chi connectivity index (χ4n) is 2.60. The minimum atomic E-state index is -0.0114. The zero-order chi connectivity index (χ0) is 10.6. The molecule has 0 saturated heterocycles. The summed E-state index contributed by atoms with van der Waals surface area (Å²) >= 11 is 0. The molecule has 1 unspecified atom stereocenters. The Morgan fingerprint density at radius 1 is 1.21 bits per heavy atom. The van der Waals surface area contributed by atoms with Crippen molar-refractivity contribution in [3.63, 3.8) is 0 Å². The van der Waals surface area contributed by atoms with Crippen LogP contribution in [-0.2, 0) is 4.74 Å². The number of rotatable bonds is 4. The molecule has 1 saturated carbocycles. The molecule has 0 amide bonds. The maximum atomic E-state index is 6.27. The van der Waals surface area contributed by atoms with E-state index in [0.29, 0.717) is 5.92 Å². The Balaban J connectivity index is 2.57. The Hall–Kier alpha value is -0.0800. The minimum absolute atomic E-state index is 0.0114. The molecule has 1 aliphatic carbocycles. The topological polar surface area (TPSA) is 35.2 Å². The van der Waals surface area contributed by atoms with Gasteiger partial charge in [0, 0.05) is 13.2 Å². The van der Waals surface area contributed by atoms with Gasteiger partial charge in [0.25, 0.3) is 0 Å². The van der Waals surface area contributed by atoms with Gasteiger partial charge >= 0.3 is 0 Å². The Kier molecular flexibility index (Phi) is 4.39. The highest BCUT2D eigenvalue weighted by Crippen LogP contribution is 2.35. The third kappa shape index (κ3) is 2.71. The molecule has 0 aliphatic heterocycles. The molecule has 0 radical (unpaired) electrons. The summed E-state index contributed by atoms with van der Waals surface area (Å²) in [5.41, 5.74) is 6.26. The van der Waals surface area contributed by atoms with Crippen LogP contribution in [0, 0.1) is 5.92 Å². The van der Waals surface area contributed by atoms with E-state index < -0.39 is 0 Å². The molecule has 2 heteroatoms. The van der Waals surface area contributed by atoms with Crippen molar-refractivity contribution in [3.05, 3.63) is 0 Å². The highest BCUT2D eigenvalue weighted by atomic mass is 16.5. The van der Waals surface area contributed by atoms with Crippen LogP contribution in [0.5, 0.6) is 0 Å². The van der Waals surface area contributed by atoms with Gasteiger partial charge in [-0.05, 0) is 25.2 Å². The number of ether oxygens (including phenoxy) is 1. The summed E-state index contributed by atoms with van der Waals surface area (Å²) in [4.78, 5) is 0. The molecular weight excluding hydrogens is 174 g/mol. The van der Waals surface area contributed by atoms with Gasteiger partial charge < -0.3 is 10.5 Å². The summed E-state index contributed by atoms with van der Waals surface area (Å²) in [5.74, 6) is 0.666. The third-order valence-electron chi connectivity index (χ3n) is 3.51. The first-order valence-electron chi connectivity index (χ1n) is 5.91. The molecule has 1 fully saturated rings. The quantitative estimate of drug-likeness (QED) is 0.755. The molecule has 84 valence electrons. The summed E-state index contributed by atoms with van der Waals surface area (Å²) in [6.45, 7) is 4.46.